The van der Waals surface area contributed by atoms with Gasteiger partial charge in [0.25, 0.3) is 0 Å². The van der Waals surface area contributed by atoms with E-state index >= 15 is 4.39 Å². The van der Waals surface area contributed by atoms with Crippen LogP contribution in [0.1, 0.15) is 35.9 Å². The van der Waals surface area contributed by atoms with Gasteiger partial charge in [-0.3, -0.25) is 14.4 Å². The average Bonchev–Trinajstić information content (AvgIpc) is 3.76. The zero-order valence-corrected chi connectivity index (χ0v) is 26.4. The summed E-state index contributed by atoms with van der Waals surface area (Å²) in [4.78, 5) is 50.7. The third kappa shape index (κ3) is 5.55. The van der Waals surface area contributed by atoms with Gasteiger partial charge in [-0.15, -0.1) is 5.92 Å². The second kappa shape index (κ2) is 12.1. The number of aromatic nitrogens is 3. The van der Waals surface area contributed by atoms with E-state index in [4.69, 9.17) is 11.6 Å². The highest BCUT2D eigenvalue weighted by atomic mass is 35.5. The smallest absolute Gasteiger partial charge is 0.247 e. The molecule has 0 saturated carbocycles. The molecule has 47 heavy (non-hydrogen) atoms. The molecule has 8 nitrogen and oxygen atoms in total. The molecule has 0 spiro atoms. The van der Waals surface area contributed by atoms with Crippen LogP contribution >= 0.6 is 11.6 Å². The van der Waals surface area contributed by atoms with Crippen molar-refractivity contribution in [3.05, 3.63) is 101 Å². The fourth-order valence-electron chi connectivity index (χ4n) is 6.61. The monoisotopic (exact) mass is 645 g/mol. The number of carbonyl (C=O) groups excluding carboxylic acids is 3. The van der Waals surface area contributed by atoms with Gasteiger partial charge in [0.2, 0.25) is 11.8 Å². The fourth-order valence-corrected chi connectivity index (χ4v) is 6.85. The summed E-state index contributed by atoms with van der Waals surface area (Å²) in [5.74, 6) is 5.21. The zero-order valence-electron chi connectivity index (χ0n) is 25.6. The number of nitrogens with zero attached hydrogens (tertiary/aromatic N) is 4. The molecule has 0 bridgehead atoms. The van der Waals surface area contributed by atoms with E-state index in [0.29, 0.717) is 45.7 Å². The van der Waals surface area contributed by atoms with E-state index in [1.54, 1.807) is 64.5 Å². The van der Waals surface area contributed by atoms with Crippen molar-refractivity contribution in [2.24, 2.45) is 5.92 Å². The highest BCUT2D eigenvalue weighted by molar-refractivity contribution is 6.33. The third-order valence-electron chi connectivity index (χ3n) is 8.92. The van der Waals surface area contributed by atoms with Gasteiger partial charge in [0.1, 0.15) is 18.4 Å². The summed E-state index contributed by atoms with van der Waals surface area (Å²) in [6.07, 6.45) is 5.94. The van der Waals surface area contributed by atoms with Crippen LogP contribution in [0.25, 0.3) is 33.2 Å². The summed E-state index contributed by atoms with van der Waals surface area (Å²) in [5, 5.41) is 3.83. The lowest BCUT2D eigenvalue weighted by atomic mass is 10.0. The number of amides is 2. The molecule has 2 amide bonds. The zero-order chi connectivity index (χ0) is 32.8. The lowest BCUT2D eigenvalue weighted by Gasteiger charge is -2.29. The van der Waals surface area contributed by atoms with Gasteiger partial charge in [-0.05, 0) is 50.1 Å². The van der Waals surface area contributed by atoms with Crippen LogP contribution in [0, 0.1) is 30.5 Å². The Morgan fingerprint density at radius 2 is 1.79 bits per heavy atom. The predicted octanol–water partition coefficient (Wildman–Crippen LogP) is 6.70. The Bertz CT molecular complexity index is 2150. The minimum absolute atomic E-state index is 0.000229. The molecular formula is C37H29ClFN5O3. The first-order chi connectivity index (χ1) is 22.7. The Hall–Kier alpha value is -5.33. The second-order valence-electron chi connectivity index (χ2n) is 11.9. The Kier molecular flexibility index (Phi) is 7.82. The summed E-state index contributed by atoms with van der Waals surface area (Å²) in [6.45, 7) is 3.20. The molecule has 2 aromatic heterocycles. The largest absolute Gasteiger partial charge is 0.337 e. The number of ketones is 1. The van der Waals surface area contributed by atoms with Crippen molar-refractivity contribution in [3.63, 3.8) is 0 Å². The van der Waals surface area contributed by atoms with E-state index < -0.39 is 17.8 Å². The molecule has 2 aliphatic rings. The van der Waals surface area contributed by atoms with Crippen LogP contribution in [0.3, 0.4) is 0 Å². The van der Waals surface area contributed by atoms with E-state index in [2.05, 4.69) is 27.1 Å². The predicted molar refractivity (Wildman–Crippen MR) is 178 cm³/mol. The number of carbonyl (C=O) groups is 3. The van der Waals surface area contributed by atoms with Crippen LogP contribution < -0.4 is 5.32 Å². The number of fused-ring (bicyclic) bond motifs is 2. The molecule has 0 radical (unpaired) electrons. The van der Waals surface area contributed by atoms with Gasteiger partial charge in [0, 0.05) is 69.1 Å². The van der Waals surface area contributed by atoms with Crippen molar-refractivity contribution in [2.45, 2.75) is 45.3 Å². The molecule has 1 aliphatic carbocycles. The first-order valence-electron chi connectivity index (χ1n) is 15.3. The van der Waals surface area contributed by atoms with Crippen LogP contribution in [-0.2, 0) is 16.1 Å². The number of nitrogens with one attached hydrogen (secondary N) is 1. The molecule has 3 heterocycles. The Morgan fingerprint density at radius 1 is 1.02 bits per heavy atom. The van der Waals surface area contributed by atoms with Crippen LogP contribution in [0.2, 0.25) is 5.02 Å². The SMILES string of the molecule is CC(=O)c1cn(CC(=O)N2C(C(=O)Nc3cccc(-c4ccccc4Cl)c3F)CC3C#CCC32)c2ccc(-c3cnc(C)nc3)cc12. The molecule has 10 heteroatoms. The third-order valence-corrected chi connectivity index (χ3v) is 9.25. The van der Waals surface area contributed by atoms with Crippen molar-refractivity contribution in [2.75, 3.05) is 5.32 Å². The minimum Gasteiger partial charge on any atom is -0.337 e. The second-order valence-corrected chi connectivity index (χ2v) is 12.3. The van der Waals surface area contributed by atoms with Gasteiger partial charge in [-0.2, -0.15) is 0 Å². The maximum Gasteiger partial charge on any atom is 0.247 e. The highest BCUT2D eigenvalue weighted by Crippen LogP contribution is 2.37. The van der Waals surface area contributed by atoms with E-state index in [9.17, 15) is 14.4 Å². The van der Waals surface area contributed by atoms with E-state index in [-0.39, 0.29) is 41.4 Å². The Labute approximate surface area is 275 Å². The first kappa shape index (κ1) is 30.3. The number of aryl methyl sites for hydroxylation is 1. The molecule has 1 aliphatic heterocycles. The van der Waals surface area contributed by atoms with Gasteiger partial charge in [-0.1, -0.05) is 53.9 Å². The fraction of sp³-hybridized carbons (Fsp3) is 0.216. The molecule has 7 rings (SSSR count). The number of likely N-dealkylation sites (tertiary alicyclic amines) is 1. The summed E-state index contributed by atoms with van der Waals surface area (Å²) in [6, 6.07) is 16.2. The lowest BCUT2D eigenvalue weighted by molar-refractivity contribution is -0.139. The Balaban J connectivity index is 1.17. The van der Waals surface area contributed by atoms with Crippen LogP contribution in [0.15, 0.2) is 79.3 Å². The van der Waals surface area contributed by atoms with Crippen molar-refractivity contribution < 1.29 is 18.8 Å². The summed E-state index contributed by atoms with van der Waals surface area (Å²) < 4.78 is 17.5. The van der Waals surface area contributed by atoms with Crippen LogP contribution in [0.4, 0.5) is 10.1 Å². The molecule has 3 unspecified atom stereocenters. The molecule has 1 saturated heterocycles. The van der Waals surface area contributed by atoms with Gasteiger partial charge >= 0.3 is 0 Å². The lowest BCUT2D eigenvalue weighted by Crippen LogP contribution is -2.48. The summed E-state index contributed by atoms with van der Waals surface area (Å²) in [7, 11) is 0. The van der Waals surface area contributed by atoms with Crippen LogP contribution in [-0.4, -0.2) is 49.1 Å². The average molecular weight is 646 g/mol. The molecule has 234 valence electrons. The maximum atomic E-state index is 15.7. The quantitative estimate of drug-likeness (QED) is 0.157. The topological polar surface area (TPSA) is 97.2 Å². The standard InChI is InChI=1S/C37H29ClFN5O3/c1-21(45)29-19-43(33-14-13-23(15-28(29)33)25-17-40-22(2)41-18-25)20-35(46)44-32-12-5-7-24(32)16-34(44)37(47)42-31-11-6-9-27(36(31)39)26-8-3-4-10-30(26)38/h3-4,6,8-11,13-15,17-19,24,32,34H,12,16,20H2,1-2H3,(H,42,47). The van der Waals surface area contributed by atoms with Gasteiger partial charge in [0.05, 0.1) is 11.7 Å². The highest BCUT2D eigenvalue weighted by Gasteiger charge is 2.47. The van der Waals surface area contributed by atoms with E-state index in [1.807, 2.05) is 25.1 Å². The van der Waals surface area contributed by atoms with Crippen molar-refractivity contribution in [3.8, 4) is 34.1 Å². The number of halogens is 2. The van der Waals surface area contributed by atoms with Gasteiger partial charge in [-0.25, -0.2) is 14.4 Å². The van der Waals surface area contributed by atoms with Crippen LogP contribution in [0.5, 0.6) is 0 Å². The number of hydrogen-bond donors (Lipinski definition) is 1. The van der Waals surface area contributed by atoms with E-state index in [1.165, 1.54) is 13.0 Å². The van der Waals surface area contributed by atoms with Crippen molar-refractivity contribution in [1.82, 2.24) is 19.4 Å². The molecule has 3 atom stereocenters. The molecule has 1 fully saturated rings. The van der Waals surface area contributed by atoms with Crippen molar-refractivity contribution in [1.29, 1.82) is 0 Å². The van der Waals surface area contributed by atoms with Crippen molar-refractivity contribution >= 4 is 45.8 Å². The molecule has 1 N–H and O–H groups in total. The normalized spacial score (nSPS) is 18.1. The number of Topliss-reactive ketones (excluding diaryl/α,β-unsaturated/α-hetero) is 1. The summed E-state index contributed by atoms with van der Waals surface area (Å²) in [5.41, 5.74) is 3.61. The first-order valence-corrected chi connectivity index (χ1v) is 15.6. The minimum atomic E-state index is -0.849. The molecule has 3 aromatic carbocycles. The number of hydrogen-bond acceptors (Lipinski definition) is 5. The summed E-state index contributed by atoms with van der Waals surface area (Å²) >= 11 is 6.33. The van der Waals surface area contributed by atoms with Gasteiger partial charge in [0.15, 0.2) is 11.6 Å². The van der Waals surface area contributed by atoms with E-state index in [0.717, 1.165) is 11.1 Å². The number of benzene rings is 3. The number of rotatable bonds is 7. The molecule has 5 aromatic rings. The maximum absolute atomic E-state index is 15.7. The molecular weight excluding hydrogens is 617 g/mol. The van der Waals surface area contributed by atoms with Gasteiger partial charge < -0.3 is 14.8 Å². The number of anilines is 1. The Morgan fingerprint density at radius 3 is 2.55 bits per heavy atom.